The molecule has 29 heteroatoms. The molecular formula is C68H85N19O10. The summed E-state index contributed by atoms with van der Waals surface area (Å²) in [6.07, 6.45) is 3.22. The van der Waals surface area contributed by atoms with Crippen LogP contribution >= 0.6 is 0 Å². The first kappa shape index (κ1) is 72.3. The number of carbonyl (C=O) groups excluding carboxylic acids is 8. The van der Waals surface area contributed by atoms with Gasteiger partial charge in [0.25, 0.3) is 0 Å². The number of H-pyrrole nitrogens is 2. The van der Waals surface area contributed by atoms with Gasteiger partial charge >= 0.3 is 0 Å². The first-order valence-corrected chi connectivity index (χ1v) is 32.8. The topological polar surface area (TPSA) is 394 Å². The molecule has 0 aliphatic rings. The van der Waals surface area contributed by atoms with Crippen LogP contribution in [-0.2, 0) is 51.4 Å². The summed E-state index contributed by atoms with van der Waals surface area (Å²) in [4.78, 5) is 162. The third-order valence-corrected chi connectivity index (χ3v) is 15.6. The van der Waals surface area contributed by atoms with Gasteiger partial charge in [0, 0.05) is 162 Å². The molecule has 29 nitrogen and oxygen atoms in total. The second kappa shape index (κ2) is 38.1. The third-order valence-electron chi connectivity index (χ3n) is 15.6. The molecule has 0 bridgehead atoms. The quantitative estimate of drug-likeness (QED) is 0.0246. The molecule has 8 aromatic heterocycles. The van der Waals surface area contributed by atoms with Crippen LogP contribution in [0.4, 0.5) is 11.6 Å². The van der Waals surface area contributed by atoms with Crippen molar-refractivity contribution in [3.05, 3.63) is 141 Å². The molecule has 8 heterocycles. The van der Waals surface area contributed by atoms with Crippen LogP contribution < -0.4 is 59.0 Å². The molecule has 0 saturated carbocycles. The Morgan fingerprint density at radius 1 is 0.340 bits per heavy atom. The third kappa shape index (κ3) is 26.0. The molecule has 0 radical (unpaired) electrons. The highest BCUT2D eigenvalue weighted by Crippen LogP contribution is 2.17. The van der Waals surface area contributed by atoms with Crippen molar-refractivity contribution >= 4 is 103 Å². The second-order valence-corrected chi connectivity index (χ2v) is 23.4. The van der Waals surface area contributed by atoms with Crippen LogP contribution in [0.2, 0.25) is 0 Å². The fourth-order valence-corrected chi connectivity index (χ4v) is 10.2. The molecule has 0 aromatic carbocycles. The van der Waals surface area contributed by atoms with Crippen molar-refractivity contribution < 1.29 is 38.4 Å². The van der Waals surface area contributed by atoms with Gasteiger partial charge in [-0.15, -0.1) is 0 Å². The van der Waals surface area contributed by atoms with Crippen LogP contribution in [0.3, 0.4) is 0 Å². The molecule has 97 heavy (non-hydrogen) atoms. The van der Waals surface area contributed by atoms with E-state index in [4.69, 9.17) is 0 Å². The minimum Gasteiger partial charge on any atom is -0.356 e. The Hall–Kier alpha value is -10.5. The molecule has 0 atom stereocenters. The van der Waals surface area contributed by atoms with E-state index in [9.17, 15) is 47.9 Å². The highest BCUT2D eigenvalue weighted by molar-refractivity contribution is 5.92. The normalized spacial score (nSPS) is 11.3. The SMILES string of the molecule is Cc1ccc2ccc(NC(=O)CCN(CCCNC(=O)CCCNC(=O)CCNCCC(=O)NCCCC(=O)NCCCN(CCC(=O)NCc3ccc4ccc(=O)[nH]c4n3)CCC(=O)Nc3ccc4ccc(C)nc4n3)CCC(=O)NCc3ccc4ccc(=O)[nH]c4n3)nc2n1. The Bertz CT molecular complexity index is 3900. The molecule has 0 fully saturated rings. The van der Waals surface area contributed by atoms with E-state index in [0.717, 1.165) is 32.9 Å². The van der Waals surface area contributed by atoms with Gasteiger partial charge < -0.3 is 67.6 Å². The number of nitrogens with zero attached hydrogens (tertiary/aromatic N) is 8. The maximum absolute atomic E-state index is 13.1. The number of hydrogen-bond acceptors (Lipinski definition) is 19. The Kier molecular flexibility index (Phi) is 28.4. The minimum absolute atomic E-state index is 0.124. The lowest BCUT2D eigenvalue weighted by Gasteiger charge is -2.22. The highest BCUT2D eigenvalue weighted by atomic mass is 16.2. The van der Waals surface area contributed by atoms with E-state index >= 15 is 0 Å². The van der Waals surface area contributed by atoms with E-state index < -0.39 is 0 Å². The molecule has 11 N–H and O–H groups in total. The monoisotopic (exact) mass is 1330 g/mol. The number of fused-ring (bicyclic) bond motifs is 4. The van der Waals surface area contributed by atoms with Crippen LogP contribution in [0.15, 0.2) is 107 Å². The van der Waals surface area contributed by atoms with Gasteiger partial charge in [0.1, 0.15) is 22.9 Å². The summed E-state index contributed by atoms with van der Waals surface area (Å²) in [6.45, 7) is 8.42. The van der Waals surface area contributed by atoms with Crippen LogP contribution in [0.5, 0.6) is 0 Å². The standard InChI is InChI=1S/C68H85N19O10/c1-45-9-11-47-15-21-53(82-65(47)76-45)80-63(96)29-41-86(39-27-59(92)74-43-51-19-13-49-17-23-61(94)84-67(49)78-51)37-5-33-72-55(88)7-3-31-70-57(90)25-35-69-36-26-58(91)71-32-4-8-56(89)73-34-6-38-87(42-30-64(97)81-54-22-16-48-12-10-46(2)77-66(48)83-54)40-28-60(93)75-44-52-20-14-50-18-24-62(95)85-68(50)79-52/h9-24,69H,3-8,25-44H2,1-2H3,(H,70,90)(H,71,91)(H,72,88)(H,73,89)(H,74,92)(H,75,93)(H,78,84,94)(H,79,85,95)(H,76,80,82,96)(H,77,81,83,97). The lowest BCUT2D eigenvalue weighted by Crippen LogP contribution is -2.35. The van der Waals surface area contributed by atoms with E-state index in [0.29, 0.717) is 150 Å². The summed E-state index contributed by atoms with van der Waals surface area (Å²) in [5.74, 6) is -0.936. The van der Waals surface area contributed by atoms with Crippen molar-refractivity contribution in [1.82, 2.24) is 86.9 Å². The van der Waals surface area contributed by atoms with Crippen molar-refractivity contribution in [2.75, 3.05) is 89.2 Å². The average molecular weight is 1330 g/mol. The van der Waals surface area contributed by atoms with Crippen molar-refractivity contribution in [2.24, 2.45) is 0 Å². The molecule has 8 rings (SSSR count). The molecule has 0 unspecified atom stereocenters. The number of hydrogen-bond donors (Lipinski definition) is 11. The summed E-state index contributed by atoms with van der Waals surface area (Å²) >= 11 is 0. The number of amides is 8. The van der Waals surface area contributed by atoms with E-state index in [1.54, 1.807) is 36.4 Å². The van der Waals surface area contributed by atoms with Gasteiger partial charge in [0.05, 0.1) is 24.5 Å². The predicted molar refractivity (Wildman–Crippen MR) is 367 cm³/mol. The lowest BCUT2D eigenvalue weighted by atomic mass is 10.2. The minimum atomic E-state index is -0.273. The number of pyridine rings is 8. The van der Waals surface area contributed by atoms with Gasteiger partial charge in [-0.2, -0.15) is 0 Å². The molecule has 512 valence electrons. The second-order valence-electron chi connectivity index (χ2n) is 23.4. The van der Waals surface area contributed by atoms with Crippen molar-refractivity contribution in [1.29, 1.82) is 0 Å². The maximum Gasteiger partial charge on any atom is 0.249 e. The molecular weight excluding hydrogens is 1240 g/mol. The first-order valence-electron chi connectivity index (χ1n) is 32.8. The number of aromatic amines is 2. The van der Waals surface area contributed by atoms with Gasteiger partial charge in [-0.25, -0.2) is 29.9 Å². The summed E-state index contributed by atoms with van der Waals surface area (Å²) in [6, 6.07) is 28.1. The zero-order valence-electron chi connectivity index (χ0n) is 54.8. The molecule has 0 aliphatic heterocycles. The van der Waals surface area contributed by atoms with E-state index in [1.165, 1.54) is 12.1 Å². The maximum atomic E-state index is 13.1. The predicted octanol–water partition coefficient (Wildman–Crippen LogP) is 3.21. The van der Waals surface area contributed by atoms with E-state index in [1.807, 2.05) is 72.2 Å². The lowest BCUT2D eigenvalue weighted by molar-refractivity contribution is -0.123. The van der Waals surface area contributed by atoms with E-state index in [-0.39, 0.29) is 123 Å². The van der Waals surface area contributed by atoms with Gasteiger partial charge in [-0.1, -0.05) is 0 Å². The number of carbonyl (C=O) groups is 8. The molecule has 0 spiro atoms. The van der Waals surface area contributed by atoms with Crippen molar-refractivity contribution in [3.63, 3.8) is 0 Å². The van der Waals surface area contributed by atoms with Crippen molar-refractivity contribution in [2.45, 2.75) is 104 Å². The van der Waals surface area contributed by atoms with Crippen molar-refractivity contribution in [3.8, 4) is 0 Å². The summed E-state index contributed by atoms with van der Waals surface area (Å²) in [5, 5.41) is 29.2. The number of anilines is 2. The molecule has 0 aliphatic carbocycles. The largest absolute Gasteiger partial charge is 0.356 e. The van der Waals surface area contributed by atoms with Gasteiger partial charge in [-0.3, -0.25) is 47.9 Å². The zero-order valence-corrected chi connectivity index (χ0v) is 54.8. The van der Waals surface area contributed by atoms with Gasteiger partial charge in [-0.05, 0) is 138 Å². The molecule has 8 amide bonds. The van der Waals surface area contributed by atoms with Gasteiger partial charge in [0.2, 0.25) is 58.4 Å². The summed E-state index contributed by atoms with van der Waals surface area (Å²) < 4.78 is 0. The van der Waals surface area contributed by atoms with Crippen LogP contribution in [0, 0.1) is 13.8 Å². The Morgan fingerprint density at radius 2 is 0.691 bits per heavy atom. The highest BCUT2D eigenvalue weighted by Gasteiger charge is 2.17. The number of rotatable bonds is 40. The van der Waals surface area contributed by atoms with Gasteiger partial charge in [0.15, 0.2) is 11.3 Å². The smallest absolute Gasteiger partial charge is 0.249 e. The van der Waals surface area contributed by atoms with Crippen LogP contribution in [0.25, 0.3) is 44.1 Å². The number of aromatic nitrogens is 8. The summed E-state index contributed by atoms with van der Waals surface area (Å²) in [7, 11) is 0. The molecule has 8 aromatic rings. The Morgan fingerprint density at radius 3 is 1.11 bits per heavy atom. The van der Waals surface area contributed by atoms with Crippen LogP contribution in [-0.4, -0.2) is 175 Å². The Labute approximate surface area is 559 Å². The number of aryl methyl sites for hydroxylation is 2. The average Bonchev–Trinajstić information content (AvgIpc) is 0.890. The first-order chi connectivity index (χ1) is 46.9. The molecule has 0 saturated heterocycles. The summed E-state index contributed by atoms with van der Waals surface area (Å²) in [5.41, 5.74) is 4.13. The van der Waals surface area contributed by atoms with E-state index in [2.05, 4.69) is 87.7 Å². The number of nitrogens with one attached hydrogen (secondary N) is 11. The Balaban J connectivity index is 0.647. The zero-order chi connectivity index (χ0) is 68.7. The fraction of sp³-hybridized carbons (Fsp3) is 0.412. The fourth-order valence-electron chi connectivity index (χ4n) is 10.2. The van der Waals surface area contributed by atoms with Crippen LogP contribution in [0.1, 0.15) is 99.8 Å².